The molecule has 0 saturated heterocycles. The molecule has 100 valence electrons. The molecule has 0 aliphatic rings. The van der Waals surface area contributed by atoms with Crippen molar-refractivity contribution in [2.24, 2.45) is 0 Å². The van der Waals surface area contributed by atoms with Crippen LogP contribution in [0, 0.1) is 0 Å². The second kappa shape index (κ2) is 8.40. The second-order valence-corrected chi connectivity index (χ2v) is 4.68. The van der Waals surface area contributed by atoms with Gasteiger partial charge < -0.3 is 4.43 Å². The van der Waals surface area contributed by atoms with Crippen LogP contribution in [0.15, 0.2) is 60.7 Å². The number of benzene rings is 2. The van der Waals surface area contributed by atoms with E-state index in [0.717, 1.165) is 16.0 Å². The van der Waals surface area contributed by atoms with Gasteiger partial charge in [-0.15, -0.1) is 0 Å². The number of carbonyl (C=O) groups is 1. The topological polar surface area (TPSA) is 26.3 Å². The molecule has 3 heteroatoms. The summed E-state index contributed by atoms with van der Waals surface area (Å²) in [6.45, 7) is 3.64. The first-order valence-electron chi connectivity index (χ1n) is 6.29. The molecular formula is C16H20O2Si. The van der Waals surface area contributed by atoms with Gasteiger partial charge in [-0.25, -0.2) is 0 Å². The van der Waals surface area contributed by atoms with Gasteiger partial charge in [0.2, 0.25) is 0 Å². The Bertz CT molecular complexity index is 483. The molecule has 0 bridgehead atoms. The first-order valence-corrected chi connectivity index (χ1v) is 7.10. The predicted octanol–water partition coefficient (Wildman–Crippen LogP) is 2.93. The lowest BCUT2D eigenvalue weighted by Gasteiger charge is -2.08. The average molecular weight is 272 g/mol. The molecule has 0 aromatic heterocycles. The van der Waals surface area contributed by atoms with Crippen LogP contribution in [-0.2, 0) is 4.43 Å². The van der Waals surface area contributed by atoms with Gasteiger partial charge in [0.25, 0.3) is 0 Å². The molecule has 0 amide bonds. The molecule has 0 fully saturated rings. The quantitative estimate of drug-likeness (QED) is 0.634. The maximum absolute atomic E-state index is 10.6. The summed E-state index contributed by atoms with van der Waals surface area (Å²) in [6.07, 6.45) is 0.271. The van der Waals surface area contributed by atoms with E-state index >= 15 is 0 Å². The molecule has 0 aliphatic heterocycles. The van der Waals surface area contributed by atoms with Crippen LogP contribution in [0.3, 0.4) is 0 Å². The van der Waals surface area contributed by atoms with Crippen LogP contribution in [0.2, 0.25) is 0 Å². The van der Waals surface area contributed by atoms with E-state index in [1.165, 1.54) is 5.56 Å². The van der Waals surface area contributed by atoms with Crippen molar-refractivity contribution < 1.29 is 9.22 Å². The number of hydrogen-bond acceptors (Lipinski definition) is 2. The van der Waals surface area contributed by atoms with E-state index in [-0.39, 0.29) is 11.9 Å². The Hall–Kier alpha value is -1.71. The molecule has 2 aromatic carbocycles. The predicted molar refractivity (Wildman–Crippen MR) is 82.3 cm³/mol. The summed E-state index contributed by atoms with van der Waals surface area (Å²) in [5.74, 6) is 0.121. The van der Waals surface area contributed by atoms with Crippen molar-refractivity contribution in [1.29, 1.82) is 0 Å². The number of Topliss-reactive ketones (excluding diaryl/α,β-unsaturated/α-hetero) is 1. The van der Waals surface area contributed by atoms with Gasteiger partial charge >= 0.3 is 0 Å². The molecule has 2 aromatic rings. The molecular weight excluding hydrogens is 252 g/mol. The summed E-state index contributed by atoms with van der Waals surface area (Å²) in [6, 6.07) is 19.5. The van der Waals surface area contributed by atoms with Crippen molar-refractivity contribution in [2.75, 3.05) is 0 Å². The highest BCUT2D eigenvalue weighted by atomic mass is 28.2. The van der Waals surface area contributed by atoms with Crippen molar-refractivity contribution in [2.45, 2.75) is 20.0 Å². The fourth-order valence-corrected chi connectivity index (χ4v) is 1.81. The minimum atomic E-state index is 0.121. The van der Waals surface area contributed by atoms with Crippen molar-refractivity contribution in [3.8, 4) is 0 Å². The van der Waals surface area contributed by atoms with Crippen LogP contribution in [0.1, 0.15) is 35.9 Å². The molecule has 0 radical (unpaired) electrons. The summed E-state index contributed by atoms with van der Waals surface area (Å²) < 4.78 is 5.28. The van der Waals surface area contributed by atoms with Gasteiger partial charge in [-0.2, -0.15) is 0 Å². The van der Waals surface area contributed by atoms with Crippen LogP contribution in [0.4, 0.5) is 0 Å². The van der Waals surface area contributed by atoms with Crippen LogP contribution >= 0.6 is 0 Å². The summed E-state index contributed by atoms with van der Waals surface area (Å²) in [4.78, 5) is 10.6. The second-order valence-electron chi connectivity index (χ2n) is 4.21. The van der Waals surface area contributed by atoms with Crippen molar-refractivity contribution in [3.63, 3.8) is 0 Å². The molecule has 0 heterocycles. The lowest BCUT2D eigenvalue weighted by atomic mass is 10.1. The molecule has 0 spiro atoms. The molecule has 2 nitrogen and oxygen atoms in total. The summed E-state index contributed by atoms with van der Waals surface area (Å²) >= 11 is 0. The van der Waals surface area contributed by atoms with E-state index < -0.39 is 0 Å². The van der Waals surface area contributed by atoms with Crippen molar-refractivity contribution >= 4 is 16.3 Å². The SMILES string of the molecule is CC(=O)c1ccccc1.CC(O[SiH3])c1ccccc1. The zero-order chi connectivity index (χ0) is 14.1. The van der Waals surface area contributed by atoms with Crippen LogP contribution in [0.5, 0.6) is 0 Å². The standard InChI is InChI=1S/C8H12OSi.C8H8O/c1-7(9-10)8-5-3-2-4-6-8;1-7(9)8-5-3-2-4-6-8/h2-7H,1,10H3;2-6H,1H3. The zero-order valence-electron chi connectivity index (χ0n) is 11.7. The first kappa shape index (κ1) is 15.3. The van der Waals surface area contributed by atoms with Gasteiger partial charge in [-0.05, 0) is 19.4 Å². The maximum Gasteiger partial charge on any atom is 0.159 e. The highest BCUT2D eigenvalue weighted by Gasteiger charge is 1.98. The van der Waals surface area contributed by atoms with Crippen molar-refractivity contribution in [1.82, 2.24) is 0 Å². The normalized spacial score (nSPS) is 11.3. The number of hydrogen-bond donors (Lipinski definition) is 0. The molecule has 0 N–H and O–H groups in total. The van der Waals surface area contributed by atoms with Gasteiger partial charge in [0.1, 0.15) is 10.5 Å². The summed E-state index contributed by atoms with van der Waals surface area (Å²) in [5.41, 5.74) is 2.04. The Morgan fingerprint density at radius 1 is 1.00 bits per heavy atom. The van der Waals surface area contributed by atoms with Crippen LogP contribution in [-0.4, -0.2) is 16.3 Å². The number of rotatable bonds is 3. The Labute approximate surface area is 118 Å². The Balaban J connectivity index is 0.000000191. The minimum Gasteiger partial charge on any atom is -0.421 e. The van der Waals surface area contributed by atoms with Gasteiger partial charge in [0.15, 0.2) is 5.78 Å². The van der Waals surface area contributed by atoms with E-state index in [2.05, 4.69) is 19.1 Å². The summed E-state index contributed by atoms with van der Waals surface area (Å²) in [5, 5.41) is 0. The average Bonchev–Trinajstić information content (AvgIpc) is 2.49. The number of ketones is 1. The van der Waals surface area contributed by atoms with Gasteiger partial charge in [-0.1, -0.05) is 60.7 Å². The van der Waals surface area contributed by atoms with E-state index in [1.54, 1.807) is 6.92 Å². The molecule has 19 heavy (non-hydrogen) atoms. The smallest absolute Gasteiger partial charge is 0.159 e. The van der Waals surface area contributed by atoms with E-state index in [1.807, 2.05) is 48.5 Å². The van der Waals surface area contributed by atoms with Crippen LogP contribution < -0.4 is 0 Å². The number of carbonyl (C=O) groups excluding carboxylic acids is 1. The lowest BCUT2D eigenvalue weighted by molar-refractivity contribution is 0.101. The van der Waals surface area contributed by atoms with Gasteiger partial charge in [0, 0.05) is 5.56 Å². The maximum atomic E-state index is 10.6. The van der Waals surface area contributed by atoms with E-state index in [9.17, 15) is 4.79 Å². The van der Waals surface area contributed by atoms with Crippen molar-refractivity contribution in [3.05, 3.63) is 71.8 Å². The third-order valence-electron chi connectivity index (χ3n) is 2.80. The van der Waals surface area contributed by atoms with Crippen LogP contribution in [0.25, 0.3) is 0 Å². The Morgan fingerprint density at radius 2 is 1.47 bits per heavy atom. The fourth-order valence-electron chi connectivity index (χ4n) is 1.53. The fraction of sp³-hybridized carbons (Fsp3) is 0.188. The lowest BCUT2D eigenvalue weighted by Crippen LogP contribution is -1.95. The minimum absolute atomic E-state index is 0.121. The first-order chi connectivity index (χ1) is 9.15. The zero-order valence-corrected chi connectivity index (χ0v) is 13.7. The summed E-state index contributed by atoms with van der Waals surface area (Å²) in [7, 11) is 0.808. The Morgan fingerprint density at radius 3 is 1.84 bits per heavy atom. The van der Waals surface area contributed by atoms with E-state index in [4.69, 9.17) is 4.43 Å². The Kier molecular flexibility index (Phi) is 6.78. The third-order valence-corrected chi connectivity index (χ3v) is 3.51. The highest BCUT2D eigenvalue weighted by molar-refractivity contribution is 5.98. The monoisotopic (exact) mass is 272 g/mol. The highest BCUT2D eigenvalue weighted by Crippen LogP contribution is 2.13. The largest absolute Gasteiger partial charge is 0.421 e. The molecule has 0 aliphatic carbocycles. The molecule has 1 atom stereocenters. The molecule has 0 saturated carbocycles. The van der Waals surface area contributed by atoms with Gasteiger partial charge in [-0.3, -0.25) is 4.79 Å². The van der Waals surface area contributed by atoms with Gasteiger partial charge in [0.05, 0.1) is 6.10 Å². The third kappa shape index (κ3) is 5.64. The van der Waals surface area contributed by atoms with E-state index in [0.29, 0.717) is 0 Å². The molecule has 2 rings (SSSR count). The molecule has 1 unspecified atom stereocenters.